The number of nitrogens with one attached hydrogen (secondary N) is 3. The molecule has 1 aliphatic heterocycles. The first kappa shape index (κ1) is 17.1. The fraction of sp³-hybridized carbons (Fsp3) is 0.316. The van der Waals surface area contributed by atoms with E-state index < -0.39 is 0 Å². The summed E-state index contributed by atoms with van der Waals surface area (Å²) in [6.07, 6.45) is 6.48. The van der Waals surface area contributed by atoms with Crippen LogP contribution in [0.2, 0.25) is 0 Å². The topological polar surface area (TPSA) is 103 Å². The van der Waals surface area contributed by atoms with Gasteiger partial charge >= 0.3 is 11.7 Å². The average Bonchev–Trinajstić information content (AvgIpc) is 3.06. The number of piperidine rings is 1. The highest BCUT2D eigenvalue weighted by Crippen LogP contribution is 2.33. The number of pyridine rings is 1. The lowest BCUT2D eigenvalue weighted by atomic mass is 9.97. The monoisotopic (exact) mass is 367 g/mol. The molecule has 0 aliphatic carbocycles. The molecule has 8 nitrogen and oxygen atoms in total. The van der Waals surface area contributed by atoms with Gasteiger partial charge in [-0.1, -0.05) is 6.07 Å². The summed E-state index contributed by atoms with van der Waals surface area (Å²) in [4.78, 5) is 35.9. The molecule has 0 radical (unpaired) electrons. The number of fused-ring (bicyclic) bond motifs is 1. The molecule has 1 atom stereocenters. The van der Waals surface area contributed by atoms with Crippen molar-refractivity contribution in [1.29, 1.82) is 0 Å². The maximum atomic E-state index is 13.0. The number of methoxy groups -OCH3 is 1. The lowest BCUT2D eigenvalue weighted by molar-refractivity contribution is 0.163. The van der Waals surface area contributed by atoms with E-state index in [1.807, 2.05) is 23.2 Å². The van der Waals surface area contributed by atoms with Gasteiger partial charge in [-0.15, -0.1) is 0 Å². The molecule has 27 heavy (non-hydrogen) atoms. The first-order valence-corrected chi connectivity index (χ1v) is 8.93. The Bertz CT molecular complexity index is 1010. The molecule has 0 spiro atoms. The van der Waals surface area contributed by atoms with Crippen molar-refractivity contribution in [2.75, 3.05) is 19.0 Å². The second-order valence-electron chi connectivity index (χ2n) is 6.60. The van der Waals surface area contributed by atoms with E-state index in [4.69, 9.17) is 4.74 Å². The predicted molar refractivity (Wildman–Crippen MR) is 102 cm³/mol. The Labute approximate surface area is 155 Å². The minimum atomic E-state index is -0.303. The van der Waals surface area contributed by atoms with Crippen molar-refractivity contribution in [3.05, 3.63) is 52.7 Å². The summed E-state index contributed by atoms with van der Waals surface area (Å²) in [6.45, 7) is 0.678. The summed E-state index contributed by atoms with van der Waals surface area (Å²) < 4.78 is 5.38. The second-order valence-corrected chi connectivity index (χ2v) is 6.60. The number of imidazole rings is 1. The van der Waals surface area contributed by atoms with Crippen LogP contribution in [0.5, 0.6) is 5.75 Å². The van der Waals surface area contributed by atoms with Crippen LogP contribution in [0.15, 0.2) is 41.5 Å². The molecule has 1 aliphatic rings. The van der Waals surface area contributed by atoms with Gasteiger partial charge in [-0.3, -0.25) is 4.98 Å². The van der Waals surface area contributed by atoms with Crippen molar-refractivity contribution in [2.45, 2.75) is 25.3 Å². The minimum Gasteiger partial charge on any atom is -0.494 e. The van der Waals surface area contributed by atoms with Crippen molar-refractivity contribution < 1.29 is 9.53 Å². The number of carbonyl (C=O) groups is 1. The molecular weight excluding hydrogens is 346 g/mol. The lowest BCUT2D eigenvalue weighted by Gasteiger charge is -2.36. The van der Waals surface area contributed by atoms with Crippen LogP contribution in [0.1, 0.15) is 30.9 Å². The minimum absolute atomic E-state index is 0.00533. The van der Waals surface area contributed by atoms with Crippen LogP contribution < -0.4 is 15.7 Å². The normalized spacial score (nSPS) is 17.1. The number of hydrogen-bond donors (Lipinski definition) is 3. The quantitative estimate of drug-likeness (QED) is 0.662. The number of H-pyrrole nitrogens is 2. The number of aromatic amines is 2. The summed E-state index contributed by atoms with van der Waals surface area (Å²) >= 11 is 0. The largest absolute Gasteiger partial charge is 0.494 e. The van der Waals surface area contributed by atoms with Crippen molar-refractivity contribution >= 4 is 22.8 Å². The highest BCUT2D eigenvalue weighted by molar-refractivity contribution is 5.94. The maximum absolute atomic E-state index is 13.0. The van der Waals surface area contributed by atoms with Gasteiger partial charge in [0.05, 0.1) is 29.9 Å². The number of amides is 2. The van der Waals surface area contributed by atoms with Gasteiger partial charge in [-0.25, -0.2) is 9.59 Å². The number of carbonyl (C=O) groups excluding carboxylic acids is 1. The Hall–Kier alpha value is -3.29. The fourth-order valence-corrected chi connectivity index (χ4v) is 3.61. The van der Waals surface area contributed by atoms with Crippen LogP contribution in [-0.2, 0) is 0 Å². The van der Waals surface area contributed by atoms with Crippen molar-refractivity contribution in [2.24, 2.45) is 0 Å². The molecule has 1 fully saturated rings. The zero-order valence-electron chi connectivity index (χ0n) is 15.0. The maximum Gasteiger partial charge on any atom is 0.323 e. The van der Waals surface area contributed by atoms with Crippen molar-refractivity contribution in [1.82, 2.24) is 19.9 Å². The van der Waals surface area contributed by atoms with E-state index in [0.717, 1.165) is 24.8 Å². The third-order valence-corrected chi connectivity index (χ3v) is 4.91. The van der Waals surface area contributed by atoms with Gasteiger partial charge < -0.3 is 24.9 Å². The number of aromatic nitrogens is 3. The van der Waals surface area contributed by atoms with Crippen LogP contribution in [0.3, 0.4) is 0 Å². The second kappa shape index (κ2) is 7.14. The molecule has 0 bridgehead atoms. The Morgan fingerprint density at radius 2 is 2.11 bits per heavy atom. The van der Waals surface area contributed by atoms with E-state index >= 15 is 0 Å². The molecule has 2 aromatic heterocycles. The Kier molecular flexibility index (Phi) is 4.53. The van der Waals surface area contributed by atoms with Crippen LogP contribution in [0.4, 0.5) is 10.5 Å². The number of anilines is 1. The van der Waals surface area contributed by atoms with Gasteiger partial charge in [-0.05, 0) is 37.0 Å². The number of nitrogens with zero attached hydrogens (tertiary/aromatic N) is 2. The lowest BCUT2D eigenvalue weighted by Crippen LogP contribution is -2.41. The predicted octanol–water partition coefficient (Wildman–Crippen LogP) is 3.02. The molecule has 3 heterocycles. The Morgan fingerprint density at radius 3 is 2.85 bits per heavy atom. The van der Waals surface area contributed by atoms with Crippen LogP contribution in [0.25, 0.3) is 11.0 Å². The van der Waals surface area contributed by atoms with Gasteiger partial charge in [0.1, 0.15) is 5.75 Å². The van der Waals surface area contributed by atoms with Gasteiger partial charge in [0, 0.05) is 25.0 Å². The molecular formula is C19H21N5O3. The summed E-state index contributed by atoms with van der Waals surface area (Å²) in [5, 5.41) is 2.94. The summed E-state index contributed by atoms with van der Waals surface area (Å²) in [5.41, 5.74) is 2.48. The molecule has 8 heteroatoms. The molecule has 4 rings (SSSR count). The summed E-state index contributed by atoms with van der Waals surface area (Å²) in [7, 11) is 1.53. The number of urea groups is 1. The Morgan fingerprint density at radius 1 is 1.30 bits per heavy atom. The molecule has 1 unspecified atom stereocenters. The van der Waals surface area contributed by atoms with E-state index in [9.17, 15) is 9.59 Å². The number of rotatable bonds is 3. The van der Waals surface area contributed by atoms with Crippen LogP contribution >= 0.6 is 0 Å². The summed E-state index contributed by atoms with van der Waals surface area (Å²) in [5.74, 6) is 0.487. The molecule has 1 saturated heterocycles. The number of hydrogen-bond acceptors (Lipinski definition) is 4. The zero-order chi connectivity index (χ0) is 18.8. The zero-order valence-corrected chi connectivity index (χ0v) is 15.0. The fourth-order valence-electron chi connectivity index (χ4n) is 3.61. The summed E-state index contributed by atoms with van der Waals surface area (Å²) in [6, 6.07) is 7.08. The molecule has 1 aromatic carbocycles. The molecule has 3 N–H and O–H groups in total. The van der Waals surface area contributed by atoms with Crippen LogP contribution in [-0.4, -0.2) is 39.5 Å². The van der Waals surface area contributed by atoms with E-state index in [1.165, 1.54) is 7.11 Å². The third-order valence-electron chi connectivity index (χ3n) is 4.91. The highest BCUT2D eigenvalue weighted by atomic mass is 16.5. The SMILES string of the molecule is COc1cc2[nH]c(=O)[nH]c2cc1NC(=O)N1CCCCC1c1cccnc1. The smallest absolute Gasteiger partial charge is 0.323 e. The van der Waals surface area contributed by atoms with Crippen molar-refractivity contribution in [3.8, 4) is 5.75 Å². The third kappa shape index (κ3) is 3.38. The van der Waals surface area contributed by atoms with Gasteiger partial charge in [0.2, 0.25) is 0 Å². The first-order chi connectivity index (χ1) is 13.2. The Balaban J connectivity index is 1.62. The van der Waals surface area contributed by atoms with E-state index in [2.05, 4.69) is 20.3 Å². The molecule has 3 aromatic rings. The van der Waals surface area contributed by atoms with E-state index in [0.29, 0.717) is 29.0 Å². The number of ether oxygens (including phenoxy) is 1. The average molecular weight is 367 g/mol. The molecule has 2 amide bonds. The molecule has 0 saturated carbocycles. The molecule has 140 valence electrons. The standard InChI is InChI=1S/C19H21N5O3/c1-27-17-10-14-13(21-18(25)22-14)9-15(17)23-19(26)24-8-3-2-6-16(24)12-5-4-7-20-11-12/h4-5,7,9-11,16H,2-3,6,8H2,1H3,(H,23,26)(H2,21,22,25). The van der Waals surface area contributed by atoms with Gasteiger partial charge in [0.15, 0.2) is 0 Å². The van der Waals surface area contributed by atoms with Gasteiger partial charge in [0.25, 0.3) is 0 Å². The number of benzene rings is 1. The van der Waals surface area contributed by atoms with Crippen molar-refractivity contribution in [3.63, 3.8) is 0 Å². The van der Waals surface area contributed by atoms with E-state index in [1.54, 1.807) is 18.3 Å². The van der Waals surface area contributed by atoms with E-state index in [-0.39, 0.29) is 17.8 Å². The van der Waals surface area contributed by atoms with Gasteiger partial charge in [-0.2, -0.15) is 0 Å². The first-order valence-electron chi connectivity index (χ1n) is 8.93. The highest BCUT2D eigenvalue weighted by Gasteiger charge is 2.28. The van der Waals surface area contributed by atoms with Crippen LogP contribution in [0, 0.1) is 0 Å². The number of likely N-dealkylation sites (tertiary alicyclic amines) is 1.